The van der Waals surface area contributed by atoms with Gasteiger partial charge in [-0.25, -0.2) is 9.37 Å². The average Bonchev–Trinajstić information content (AvgIpc) is 3.41. The van der Waals surface area contributed by atoms with Crippen molar-refractivity contribution in [2.45, 2.75) is 25.7 Å². The number of nitrogens with one attached hydrogen (secondary N) is 2. The van der Waals surface area contributed by atoms with Crippen LogP contribution in [0, 0.1) is 12.7 Å². The second kappa shape index (κ2) is 12.2. The van der Waals surface area contributed by atoms with E-state index in [1.807, 2.05) is 25.1 Å². The molecule has 4 N–H and O–H groups in total. The van der Waals surface area contributed by atoms with Gasteiger partial charge in [0.15, 0.2) is 0 Å². The SMILES string of the molecule is Cc1ccc(Nc2ncc3ccn(-c4ccc(C(=O)N5CCS(O)(O)CC5)c(F)c4)c3n2)cc1CN1CCNC(C(F)(F)F)C1. The van der Waals surface area contributed by atoms with Crippen molar-refractivity contribution < 1.29 is 31.5 Å². The number of piperazine rings is 1. The lowest BCUT2D eigenvalue weighted by Gasteiger charge is -2.40. The lowest BCUT2D eigenvalue weighted by molar-refractivity contribution is -0.165. The molecule has 2 aliphatic heterocycles. The van der Waals surface area contributed by atoms with Gasteiger partial charge < -0.3 is 20.1 Å². The standard InChI is InChI=1S/C30H33F4N7O3S/c1-19-2-3-22(14-21(19)17-39-9-7-35-26(18-39)30(32,33)34)37-29-36-16-20-6-8-41(27(20)38-29)23-4-5-24(25(31)15-23)28(42)40-10-12-45(43,44)13-11-40/h2-6,8,14-16,26,35,43-44H,7,9-13,17-18H2,1H3,(H,36,37,38). The molecule has 0 radical (unpaired) electrons. The highest BCUT2D eigenvalue weighted by Gasteiger charge is 2.41. The fourth-order valence-corrected chi connectivity index (χ4v) is 6.81. The van der Waals surface area contributed by atoms with Crippen LogP contribution >= 0.6 is 10.6 Å². The summed E-state index contributed by atoms with van der Waals surface area (Å²) in [6, 6.07) is 10.1. The maximum absolute atomic E-state index is 15.2. The molecule has 240 valence electrons. The minimum absolute atomic E-state index is 0.0757. The number of anilines is 2. The fourth-order valence-electron chi connectivity index (χ4n) is 5.58. The van der Waals surface area contributed by atoms with Gasteiger partial charge in [-0.1, -0.05) is 6.07 Å². The number of benzene rings is 2. The molecule has 0 spiro atoms. The normalized spacial score (nSPS) is 19.9. The zero-order valence-corrected chi connectivity index (χ0v) is 25.2. The number of aromatic nitrogens is 3. The summed E-state index contributed by atoms with van der Waals surface area (Å²) in [5.74, 6) is -0.782. The number of carbonyl (C=O) groups is 1. The molecule has 4 aromatic rings. The van der Waals surface area contributed by atoms with Gasteiger partial charge in [-0.15, -0.1) is 0 Å². The van der Waals surface area contributed by atoms with Gasteiger partial charge in [-0.05, 0) is 54.4 Å². The van der Waals surface area contributed by atoms with Gasteiger partial charge in [-0.3, -0.25) is 18.8 Å². The molecule has 10 nitrogen and oxygen atoms in total. The topological polar surface area (TPSA) is 119 Å². The summed E-state index contributed by atoms with van der Waals surface area (Å²) in [4.78, 5) is 25.2. The average molecular weight is 648 g/mol. The molecule has 1 unspecified atom stereocenters. The van der Waals surface area contributed by atoms with Gasteiger partial charge in [0.25, 0.3) is 5.91 Å². The molecule has 15 heteroatoms. The summed E-state index contributed by atoms with van der Waals surface area (Å²) in [6.45, 7) is 3.21. The summed E-state index contributed by atoms with van der Waals surface area (Å²) in [7, 11) is -2.69. The minimum atomic E-state index is -4.31. The van der Waals surface area contributed by atoms with Gasteiger partial charge in [-0.2, -0.15) is 28.7 Å². The highest BCUT2D eigenvalue weighted by atomic mass is 32.3. The number of fused-ring (bicyclic) bond motifs is 1. The number of carbonyl (C=O) groups excluding carboxylic acids is 1. The van der Waals surface area contributed by atoms with Gasteiger partial charge >= 0.3 is 6.18 Å². The van der Waals surface area contributed by atoms with E-state index in [0.717, 1.165) is 11.1 Å². The van der Waals surface area contributed by atoms with Gasteiger partial charge in [0.05, 0.1) is 17.1 Å². The summed E-state index contributed by atoms with van der Waals surface area (Å²) in [5.41, 5.74) is 3.35. The van der Waals surface area contributed by atoms with E-state index in [9.17, 15) is 27.1 Å². The number of halogens is 4. The Hall–Kier alpha value is -3.76. The Balaban J connectivity index is 1.19. The molecule has 45 heavy (non-hydrogen) atoms. The number of aryl methyl sites for hydroxylation is 1. The van der Waals surface area contributed by atoms with Crippen LogP contribution in [0.5, 0.6) is 0 Å². The van der Waals surface area contributed by atoms with Crippen molar-refractivity contribution in [3.8, 4) is 5.69 Å². The van der Waals surface area contributed by atoms with Gasteiger partial charge in [0.1, 0.15) is 17.5 Å². The van der Waals surface area contributed by atoms with Gasteiger partial charge in [0, 0.05) is 68.4 Å². The first-order valence-corrected chi connectivity index (χ1v) is 16.3. The summed E-state index contributed by atoms with van der Waals surface area (Å²) in [5, 5.41) is 6.42. The van der Waals surface area contributed by atoms with Crippen LogP contribution in [0.15, 0.2) is 54.9 Å². The number of hydrogen-bond donors (Lipinski definition) is 4. The molecule has 2 fully saturated rings. The molecule has 0 bridgehead atoms. The Morgan fingerprint density at radius 3 is 2.62 bits per heavy atom. The molecule has 6 rings (SSSR count). The number of amides is 1. The largest absolute Gasteiger partial charge is 0.405 e. The molecule has 1 amide bonds. The first-order valence-electron chi connectivity index (χ1n) is 14.4. The third-order valence-electron chi connectivity index (χ3n) is 8.21. The van der Waals surface area contributed by atoms with Crippen LogP contribution in [0.1, 0.15) is 21.5 Å². The quantitative estimate of drug-likeness (QED) is 0.212. The Labute approximate surface area is 258 Å². The minimum Gasteiger partial charge on any atom is -0.335 e. The number of rotatable bonds is 6. The Bertz CT molecular complexity index is 1720. The van der Waals surface area contributed by atoms with Crippen molar-refractivity contribution >= 4 is 39.2 Å². The molecule has 2 aromatic heterocycles. The summed E-state index contributed by atoms with van der Waals surface area (Å²) in [6.07, 6.45) is -0.954. The zero-order valence-electron chi connectivity index (χ0n) is 24.4. The van der Waals surface area contributed by atoms with Crippen molar-refractivity contribution in [1.29, 1.82) is 0 Å². The van der Waals surface area contributed by atoms with E-state index in [1.54, 1.807) is 34.0 Å². The van der Waals surface area contributed by atoms with E-state index in [2.05, 4.69) is 20.6 Å². The predicted octanol–water partition coefficient (Wildman–Crippen LogP) is 5.15. The highest BCUT2D eigenvalue weighted by molar-refractivity contribution is 8.24. The molecular formula is C30H33F4N7O3S. The highest BCUT2D eigenvalue weighted by Crippen LogP contribution is 2.40. The van der Waals surface area contributed by atoms with Gasteiger partial charge in [0.2, 0.25) is 5.95 Å². The van der Waals surface area contributed by atoms with Crippen molar-refractivity contribution in [2.24, 2.45) is 0 Å². The molecule has 2 aromatic carbocycles. The smallest absolute Gasteiger partial charge is 0.335 e. The lowest BCUT2D eigenvalue weighted by Crippen LogP contribution is -2.56. The van der Waals surface area contributed by atoms with E-state index in [4.69, 9.17) is 0 Å². The number of nitrogens with zero attached hydrogens (tertiary/aromatic N) is 5. The van der Waals surface area contributed by atoms with E-state index in [0.29, 0.717) is 35.5 Å². The Morgan fingerprint density at radius 1 is 1.11 bits per heavy atom. The van der Waals surface area contributed by atoms with Crippen LogP contribution in [0.4, 0.5) is 29.2 Å². The second-order valence-electron chi connectivity index (χ2n) is 11.4. The molecule has 0 aliphatic carbocycles. The van der Waals surface area contributed by atoms with Crippen molar-refractivity contribution in [2.75, 3.05) is 49.5 Å². The molecular weight excluding hydrogens is 614 g/mol. The maximum atomic E-state index is 15.2. The molecule has 2 saturated heterocycles. The number of alkyl halides is 3. The molecule has 2 aliphatic rings. The lowest BCUT2D eigenvalue weighted by atomic mass is 10.1. The van der Waals surface area contributed by atoms with E-state index in [1.165, 1.54) is 17.0 Å². The van der Waals surface area contributed by atoms with E-state index >= 15 is 4.39 Å². The Morgan fingerprint density at radius 2 is 1.89 bits per heavy atom. The first kappa shape index (κ1) is 31.2. The fraction of sp³-hybridized carbons (Fsp3) is 0.367. The summed E-state index contributed by atoms with van der Waals surface area (Å²) < 4.78 is 76.3. The first-order chi connectivity index (χ1) is 21.4. The van der Waals surface area contributed by atoms with E-state index < -0.39 is 34.5 Å². The van der Waals surface area contributed by atoms with Crippen LogP contribution in [0.2, 0.25) is 0 Å². The third kappa shape index (κ3) is 6.92. The van der Waals surface area contributed by atoms with Crippen LogP contribution in [0.25, 0.3) is 16.7 Å². The molecule has 4 heterocycles. The van der Waals surface area contributed by atoms with E-state index in [-0.39, 0.29) is 49.2 Å². The third-order valence-corrected chi connectivity index (χ3v) is 9.88. The van der Waals surface area contributed by atoms with Crippen LogP contribution in [-0.4, -0.2) is 95.8 Å². The van der Waals surface area contributed by atoms with Crippen LogP contribution in [0.3, 0.4) is 0 Å². The zero-order chi connectivity index (χ0) is 31.9. The Kier molecular flexibility index (Phi) is 8.47. The second-order valence-corrected chi connectivity index (χ2v) is 13.8. The van der Waals surface area contributed by atoms with Crippen molar-refractivity contribution in [3.05, 3.63) is 77.4 Å². The number of hydrogen-bond acceptors (Lipinski definition) is 8. The molecule has 1 atom stereocenters. The van der Waals surface area contributed by atoms with Crippen molar-refractivity contribution in [1.82, 2.24) is 29.7 Å². The monoisotopic (exact) mass is 647 g/mol. The van der Waals surface area contributed by atoms with Crippen LogP contribution in [-0.2, 0) is 6.54 Å². The predicted molar refractivity (Wildman–Crippen MR) is 165 cm³/mol. The summed E-state index contributed by atoms with van der Waals surface area (Å²) >= 11 is 0. The maximum Gasteiger partial charge on any atom is 0.405 e. The molecule has 0 saturated carbocycles. The van der Waals surface area contributed by atoms with Crippen molar-refractivity contribution in [3.63, 3.8) is 0 Å². The van der Waals surface area contributed by atoms with Crippen LogP contribution < -0.4 is 10.6 Å².